The normalized spacial score (nSPS) is 34.2. The zero-order valence-corrected chi connectivity index (χ0v) is 12.3. The third-order valence-electron chi connectivity index (χ3n) is 4.48. The Bertz CT molecular complexity index is 382. The van der Waals surface area contributed by atoms with Crippen molar-refractivity contribution in [2.45, 2.75) is 52.5 Å². The Kier molecular flexibility index (Phi) is 3.65. The molecule has 1 heterocycles. The second kappa shape index (κ2) is 4.74. The molecule has 2 rings (SSSR count). The predicted octanol–water partition coefficient (Wildman–Crippen LogP) is 4.30. The summed E-state index contributed by atoms with van der Waals surface area (Å²) < 4.78 is 0. The maximum absolute atomic E-state index is 6.87. The van der Waals surface area contributed by atoms with Crippen molar-refractivity contribution in [3.63, 3.8) is 0 Å². The molecule has 3 unspecified atom stereocenters. The fraction of sp³-hybridized carbons (Fsp3) is 0.733. The summed E-state index contributed by atoms with van der Waals surface area (Å²) >= 11 is 1.83. The highest BCUT2D eigenvalue weighted by molar-refractivity contribution is 7.10. The minimum absolute atomic E-state index is 0.0874. The van der Waals surface area contributed by atoms with Gasteiger partial charge < -0.3 is 5.73 Å². The molecule has 1 saturated carbocycles. The molecule has 1 aliphatic rings. The van der Waals surface area contributed by atoms with E-state index in [1.54, 1.807) is 0 Å². The Hall–Kier alpha value is -0.340. The van der Waals surface area contributed by atoms with E-state index in [1.807, 2.05) is 11.3 Å². The summed E-state index contributed by atoms with van der Waals surface area (Å²) in [6.45, 7) is 9.21. The topological polar surface area (TPSA) is 26.0 Å². The molecule has 1 aliphatic carbocycles. The van der Waals surface area contributed by atoms with Crippen molar-refractivity contribution in [2.24, 2.45) is 23.5 Å². The Balaban J connectivity index is 2.39. The number of aryl methyl sites for hydroxylation is 1. The minimum Gasteiger partial charge on any atom is -0.321 e. The molecule has 0 saturated heterocycles. The van der Waals surface area contributed by atoms with Crippen molar-refractivity contribution in [1.29, 1.82) is 0 Å². The van der Waals surface area contributed by atoms with Crippen molar-refractivity contribution in [3.8, 4) is 0 Å². The van der Waals surface area contributed by atoms with Crippen LogP contribution in [0.1, 0.15) is 50.5 Å². The molecule has 96 valence electrons. The molecule has 2 heteroatoms. The average molecular weight is 251 g/mol. The highest BCUT2D eigenvalue weighted by Crippen LogP contribution is 2.47. The van der Waals surface area contributed by atoms with Gasteiger partial charge in [0.25, 0.3) is 0 Å². The quantitative estimate of drug-likeness (QED) is 0.833. The van der Waals surface area contributed by atoms with Crippen molar-refractivity contribution >= 4 is 11.3 Å². The average Bonchev–Trinajstić information content (AvgIpc) is 2.64. The van der Waals surface area contributed by atoms with Crippen LogP contribution in [0.3, 0.4) is 0 Å². The van der Waals surface area contributed by atoms with Crippen LogP contribution >= 0.6 is 11.3 Å². The Morgan fingerprint density at radius 3 is 2.65 bits per heavy atom. The van der Waals surface area contributed by atoms with Crippen LogP contribution in [0.4, 0.5) is 0 Å². The van der Waals surface area contributed by atoms with Crippen LogP contribution < -0.4 is 5.73 Å². The first-order valence-electron chi connectivity index (χ1n) is 6.78. The smallest absolute Gasteiger partial charge is 0.0454 e. The molecule has 1 nitrogen and oxygen atoms in total. The lowest BCUT2D eigenvalue weighted by Crippen LogP contribution is -2.50. The Labute approximate surface area is 109 Å². The lowest BCUT2D eigenvalue weighted by molar-refractivity contribution is 0.108. The van der Waals surface area contributed by atoms with E-state index in [4.69, 9.17) is 5.73 Å². The van der Waals surface area contributed by atoms with Gasteiger partial charge in [-0.25, -0.2) is 0 Å². The molecule has 1 fully saturated rings. The highest BCUT2D eigenvalue weighted by atomic mass is 32.1. The SMILES string of the molecule is Cc1sccc1C1(N)CC(C)CCC1C(C)C. The first-order chi connectivity index (χ1) is 7.95. The molecule has 0 amide bonds. The zero-order chi connectivity index (χ0) is 12.6. The van der Waals surface area contributed by atoms with Crippen molar-refractivity contribution in [3.05, 3.63) is 21.9 Å². The van der Waals surface area contributed by atoms with Gasteiger partial charge in [0, 0.05) is 10.4 Å². The van der Waals surface area contributed by atoms with Crippen molar-refractivity contribution in [1.82, 2.24) is 0 Å². The van der Waals surface area contributed by atoms with Gasteiger partial charge >= 0.3 is 0 Å². The van der Waals surface area contributed by atoms with E-state index in [2.05, 4.69) is 39.1 Å². The minimum atomic E-state index is -0.0874. The van der Waals surface area contributed by atoms with Gasteiger partial charge in [0.05, 0.1) is 0 Å². The Morgan fingerprint density at radius 1 is 1.41 bits per heavy atom. The summed E-state index contributed by atoms with van der Waals surface area (Å²) in [5.41, 5.74) is 8.19. The maximum atomic E-state index is 6.87. The molecule has 0 spiro atoms. The molecule has 0 bridgehead atoms. The zero-order valence-electron chi connectivity index (χ0n) is 11.5. The van der Waals surface area contributed by atoms with Crippen LogP contribution in [0, 0.1) is 24.7 Å². The number of nitrogens with two attached hydrogens (primary N) is 1. The largest absolute Gasteiger partial charge is 0.321 e. The second-order valence-corrected chi connectivity index (χ2v) is 7.29. The van der Waals surface area contributed by atoms with Crippen LogP contribution in [-0.2, 0) is 5.54 Å². The molecular formula is C15H25NS. The number of thiophene rings is 1. The number of hydrogen-bond acceptors (Lipinski definition) is 2. The molecule has 1 aromatic heterocycles. The van der Waals surface area contributed by atoms with E-state index in [-0.39, 0.29) is 5.54 Å². The molecular weight excluding hydrogens is 226 g/mol. The van der Waals surface area contributed by atoms with Gasteiger partial charge in [0.1, 0.15) is 0 Å². The van der Waals surface area contributed by atoms with Crippen LogP contribution in [0.2, 0.25) is 0 Å². The second-order valence-electron chi connectivity index (χ2n) is 6.17. The van der Waals surface area contributed by atoms with E-state index >= 15 is 0 Å². The summed E-state index contributed by atoms with van der Waals surface area (Å²) in [6.07, 6.45) is 3.77. The van der Waals surface area contributed by atoms with Gasteiger partial charge in [-0.15, -0.1) is 11.3 Å². The van der Waals surface area contributed by atoms with Gasteiger partial charge in [-0.3, -0.25) is 0 Å². The molecule has 1 aromatic rings. The van der Waals surface area contributed by atoms with Crippen LogP contribution in [0.5, 0.6) is 0 Å². The molecule has 3 atom stereocenters. The van der Waals surface area contributed by atoms with Crippen molar-refractivity contribution < 1.29 is 0 Å². The van der Waals surface area contributed by atoms with E-state index in [0.29, 0.717) is 11.8 Å². The van der Waals surface area contributed by atoms with Gasteiger partial charge in [-0.05, 0) is 54.5 Å². The monoisotopic (exact) mass is 251 g/mol. The molecule has 0 aromatic carbocycles. The fourth-order valence-corrected chi connectivity index (χ4v) is 4.45. The third kappa shape index (κ3) is 2.30. The summed E-state index contributed by atoms with van der Waals surface area (Å²) in [7, 11) is 0. The highest BCUT2D eigenvalue weighted by Gasteiger charge is 2.43. The Morgan fingerprint density at radius 2 is 2.12 bits per heavy atom. The lowest BCUT2D eigenvalue weighted by atomic mass is 9.63. The van der Waals surface area contributed by atoms with Gasteiger partial charge in [-0.1, -0.05) is 27.2 Å². The van der Waals surface area contributed by atoms with Gasteiger partial charge in [0.15, 0.2) is 0 Å². The summed E-state index contributed by atoms with van der Waals surface area (Å²) in [5, 5.41) is 2.19. The molecule has 0 radical (unpaired) electrons. The fourth-order valence-electron chi connectivity index (χ4n) is 3.66. The van der Waals surface area contributed by atoms with E-state index in [9.17, 15) is 0 Å². The van der Waals surface area contributed by atoms with Crippen molar-refractivity contribution in [2.75, 3.05) is 0 Å². The number of rotatable bonds is 2. The summed E-state index contributed by atoms with van der Waals surface area (Å²) in [5.74, 6) is 2.06. The van der Waals surface area contributed by atoms with Crippen LogP contribution in [0.25, 0.3) is 0 Å². The van der Waals surface area contributed by atoms with E-state index in [1.165, 1.54) is 23.3 Å². The summed E-state index contributed by atoms with van der Waals surface area (Å²) in [4.78, 5) is 1.41. The molecule has 2 N–H and O–H groups in total. The first-order valence-corrected chi connectivity index (χ1v) is 7.66. The maximum Gasteiger partial charge on any atom is 0.0454 e. The van der Waals surface area contributed by atoms with Crippen LogP contribution in [-0.4, -0.2) is 0 Å². The lowest BCUT2D eigenvalue weighted by Gasteiger charge is -2.46. The molecule has 0 aliphatic heterocycles. The van der Waals surface area contributed by atoms with E-state index < -0.39 is 0 Å². The third-order valence-corrected chi connectivity index (χ3v) is 5.33. The molecule has 17 heavy (non-hydrogen) atoms. The number of hydrogen-bond donors (Lipinski definition) is 1. The van der Waals surface area contributed by atoms with Gasteiger partial charge in [-0.2, -0.15) is 0 Å². The first kappa shape index (κ1) is 13.1. The predicted molar refractivity (Wildman–Crippen MR) is 76.3 cm³/mol. The van der Waals surface area contributed by atoms with E-state index in [0.717, 1.165) is 12.3 Å². The standard InChI is InChI=1S/C15H25NS/c1-10(2)13-6-5-11(3)9-15(13,16)14-7-8-17-12(14)4/h7-8,10-11,13H,5-6,9,16H2,1-4H3. The van der Waals surface area contributed by atoms with Crippen LogP contribution in [0.15, 0.2) is 11.4 Å². The van der Waals surface area contributed by atoms with Gasteiger partial charge in [0.2, 0.25) is 0 Å². The summed E-state index contributed by atoms with van der Waals surface area (Å²) in [6, 6.07) is 2.26.